The molecule has 3 rings (SSSR count). The molecule has 0 amide bonds. The normalized spacial score (nSPS) is 19.6. The van der Waals surface area contributed by atoms with E-state index in [1.54, 1.807) is 0 Å². The van der Waals surface area contributed by atoms with E-state index in [4.69, 9.17) is 0 Å². The molecule has 2 aromatic carbocycles. The first-order chi connectivity index (χ1) is 15.6. The van der Waals surface area contributed by atoms with Gasteiger partial charge in [0, 0.05) is 0 Å². The number of rotatable bonds is 10. The molecule has 0 saturated heterocycles. The van der Waals surface area contributed by atoms with Gasteiger partial charge in [-0.05, 0) is 66.3 Å². The number of hydrogen-bond acceptors (Lipinski definition) is 1. The lowest BCUT2D eigenvalue weighted by Crippen LogP contribution is -2.50. The molecular formula is C26H30F6O. The van der Waals surface area contributed by atoms with E-state index >= 15 is 0 Å². The van der Waals surface area contributed by atoms with Crippen molar-refractivity contribution in [1.29, 1.82) is 0 Å². The third-order valence-corrected chi connectivity index (χ3v) is 6.54. The Morgan fingerprint density at radius 3 is 1.88 bits per heavy atom. The van der Waals surface area contributed by atoms with Gasteiger partial charge in [-0.1, -0.05) is 69.0 Å². The fraction of sp³-hybridized carbons (Fsp3) is 0.538. The van der Waals surface area contributed by atoms with Crippen molar-refractivity contribution in [3.63, 3.8) is 0 Å². The molecule has 33 heavy (non-hydrogen) atoms. The molecule has 0 atom stereocenters. The van der Waals surface area contributed by atoms with Gasteiger partial charge < -0.3 is 4.74 Å². The monoisotopic (exact) mass is 472 g/mol. The summed E-state index contributed by atoms with van der Waals surface area (Å²) in [6, 6.07) is 13.0. The average Bonchev–Trinajstić information content (AvgIpc) is 2.80. The van der Waals surface area contributed by atoms with E-state index < -0.39 is 24.2 Å². The van der Waals surface area contributed by atoms with Gasteiger partial charge in [0.2, 0.25) is 0 Å². The molecule has 0 N–H and O–H groups in total. The zero-order valence-corrected chi connectivity index (χ0v) is 18.7. The lowest BCUT2D eigenvalue weighted by molar-refractivity contribution is -0.342. The van der Waals surface area contributed by atoms with Crippen LogP contribution in [0.4, 0.5) is 26.3 Å². The maximum absolute atomic E-state index is 13.4. The molecular weight excluding hydrogens is 442 g/mol. The highest BCUT2D eigenvalue weighted by molar-refractivity contribution is 5.64. The van der Waals surface area contributed by atoms with Crippen molar-refractivity contribution in [1.82, 2.24) is 0 Å². The maximum atomic E-state index is 13.4. The Morgan fingerprint density at radius 1 is 0.818 bits per heavy atom. The van der Waals surface area contributed by atoms with Gasteiger partial charge in [-0.15, -0.1) is 0 Å². The molecule has 7 heteroatoms. The van der Waals surface area contributed by atoms with Gasteiger partial charge in [0.25, 0.3) is 0 Å². The lowest BCUT2D eigenvalue weighted by Gasteiger charge is -2.29. The van der Waals surface area contributed by atoms with Crippen molar-refractivity contribution in [3.05, 3.63) is 54.1 Å². The second-order valence-corrected chi connectivity index (χ2v) is 8.90. The maximum Gasteiger partial charge on any atom is 0.470 e. The highest BCUT2D eigenvalue weighted by Gasteiger charge is 2.66. The smallest absolute Gasteiger partial charge is 0.428 e. The van der Waals surface area contributed by atoms with Crippen LogP contribution in [0.2, 0.25) is 0 Å². The second kappa shape index (κ2) is 10.8. The summed E-state index contributed by atoms with van der Waals surface area (Å²) < 4.78 is 81.3. The molecule has 1 aliphatic carbocycles. The summed E-state index contributed by atoms with van der Waals surface area (Å²) in [5, 5.41) is 0. The Balaban J connectivity index is 1.58. The molecule has 0 bridgehead atoms. The van der Waals surface area contributed by atoms with Crippen LogP contribution >= 0.6 is 0 Å². The quantitative estimate of drug-likeness (QED) is 0.248. The standard InChI is InChI=1S/C26H30F6O/c1-2-3-4-5-18-6-8-19(9-7-18)20-10-12-21(13-11-20)22-14-16-23(17-15-22)33-26(31,32)25(29,30)24(27)28/h10-19,24H,2-9H2,1H3. The fourth-order valence-electron chi connectivity index (χ4n) is 4.47. The van der Waals surface area contributed by atoms with E-state index in [1.165, 1.54) is 69.1 Å². The summed E-state index contributed by atoms with van der Waals surface area (Å²) in [5.74, 6) is -4.83. The molecule has 0 heterocycles. The Bertz CT molecular complexity index is 855. The van der Waals surface area contributed by atoms with E-state index in [9.17, 15) is 26.3 Å². The van der Waals surface area contributed by atoms with Crippen molar-refractivity contribution in [2.45, 2.75) is 82.7 Å². The van der Waals surface area contributed by atoms with Crippen LogP contribution in [0, 0.1) is 5.92 Å². The minimum absolute atomic E-state index is 0.538. The third-order valence-electron chi connectivity index (χ3n) is 6.54. The minimum atomic E-state index is -5.59. The molecule has 0 aliphatic heterocycles. The SMILES string of the molecule is CCCCCC1CCC(c2ccc(-c3ccc(OC(F)(F)C(F)(F)C(F)F)cc3)cc2)CC1. The highest BCUT2D eigenvalue weighted by Crippen LogP contribution is 2.41. The number of hydrogen-bond donors (Lipinski definition) is 0. The summed E-state index contributed by atoms with van der Waals surface area (Å²) in [7, 11) is 0. The lowest BCUT2D eigenvalue weighted by atomic mass is 9.77. The Labute approximate surface area is 191 Å². The van der Waals surface area contributed by atoms with Crippen molar-refractivity contribution in [3.8, 4) is 16.9 Å². The van der Waals surface area contributed by atoms with Gasteiger partial charge in [-0.25, -0.2) is 8.78 Å². The molecule has 1 aliphatic rings. The van der Waals surface area contributed by atoms with Crippen LogP contribution in [0.15, 0.2) is 48.5 Å². The van der Waals surface area contributed by atoms with Crippen LogP contribution in [0.25, 0.3) is 11.1 Å². The molecule has 2 aromatic rings. The summed E-state index contributed by atoms with van der Waals surface area (Å²) in [6.45, 7) is 2.22. The van der Waals surface area contributed by atoms with Crippen molar-refractivity contribution < 1.29 is 31.1 Å². The molecule has 1 nitrogen and oxygen atoms in total. The number of halogens is 6. The van der Waals surface area contributed by atoms with Crippen LogP contribution in [-0.2, 0) is 0 Å². The van der Waals surface area contributed by atoms with Crippen molar-refractivity contribution >= 4 is 0 Å². The Morgan fingerprint density at radius 2 is 1.36 bits per heavy atom. The largest absolute Gasteiger partial charge is 0.470 e. The number of benzene rings is 2. The van der Waals surface area contributed by atoms with E-state index in [0.29, 0.717) is 11.5 Å². The number of ether oxygens (including phenoxy) is 1. The van der Waals surface area contributed by atoms with Gasteiger partial charge >= 0.3 is 18.5 Å². The topological polar surface area (TPSA) is 9.23 Å². The summed E-state index contributed by atoms with van der Waals surface area (Å²) in [4.78, 5) is 0. The van der Waals surface area contributed by atoms with Crippen LogP contribution in [-0.4, -0.2) is 18.5 Å². The summed E-state index contributed by atoms with van der Waals surface area (Å²) >= 11 is 0. The van der Waals surface area contributed by atoms with Gasteiger partial charge in [0.15, 0.2) is 0 Å². The Hall–Kier alpha value is -2.18. The molecule has 1 saturated carbocycles. The molecule has 0 spiro atoms. The van der Waals surface area contributed by atoms with Crippen molar-refractivity contribution in [2.24, 2.45) is 5.92 Å². The second-order valence-electron chi connectivity index (χ2n) is 8.90. The molecule has 182 valence electrons. The van der Waals surface area contributed by atoms with E-state index in [2.05, 4.69) is 23.8 Å². The average molecular weight is 473 g/mol. The molecule has 0 unspecified atom stereocenters. The van der Waals surface area contributed by atoms with Crippen LogP contribution in [0.3, 0.4) is 0 Å². The third kappa shape index (κ3) is 6.24. The highest BCUT2D eigenvalue weighted by atomic mass is 19.3. The van der Waals surface area contributed by atoms with Crippen LogP contribution in [0.1, 0.15) is 69.8 Å². The summed E-state index contributed by atoms with van der Waals surface area (Å²) in [6.07, 6.45) is 0.207. The predicted octanol–water partition coefficient (Wildman–Crippen LogP) is 9.08. The van der Waals surface area contributed by atoms with Gasteiger partial charge in [0.1, 0.15) is 5.75 Å². The van der Waals surface area contributed by atoms with Gasteiger partial charge in [-0.2, -0.15) is 17.6 Å². The van der Waals surface area contributed by atoms with Gasteiger partial charge in [-0.3, -0.25) is 0 Å². The first-order valence-corrected chi connectivity index (χ1v) is 11.6. The molecule has 1 fully saturated rings. The van der Waals surface area contributed by atoms with Crippen LogP contribution in [0.5, 0.6) is 5.75 Å². The number of unbranched alkanes of at least 4 members (excludes halogenated alkanes) is 2. The zero-order valence-electron chi connectivity index (χ0n) is 18.7. The minimum Gasteiger partial charge on any atom is -0.428 e. The van der Waals surface area contributed by atoms with Crippen LogP contribution < -0.4 is 4.74 Å². The van der Waals surface area contributed by atoms with Crippen molar-refractivity contribution in [2.75, 3.05) is 0 Å². The zero-order chi connectivity index (χ0) is 24.1. The fourth-order valence-corrected chi connectivity index (χ4v) is 4.47. The van der Waals surface area contributed by atoms with E-state index in [1.807, 2.05) is 12.1 Å². The summed E-state index contributed by atoms with van der Waals surface area (Å²) in [5.41, 5.74) is 2.79. The number of alkyl halides is 6. The predicted molar refractivity (Wildman–Crippen MR) is 117 cm³/mol. The first-order valence-electron chi connectivity index (χ1n) is 11.6. The molecule has 0 aromatic heterocycles. The molecule has 0 radical (unpaired) electrons. The van der Waals surface area contributed by atoms with Gasteiger partial charge in [0.05, 0.1) is 0 Å². The first kappa shape index (κ1) is 25.4. The van der Waals surface area contributed by atoms with E-state index in [-0.39, 0.29) is 0 Å². The van der Waals surface area contributed by atoms with E-state index in [0.717, 1.165) is 23.6 Å². The Kier molecular flexibility index (Phi) is 8.35.